The van der Waals surface area contributed by atoms with Gasteiger partial charge in [-0.2, -0.15) is 0 Å². The molecule has 1 aromatic rings. The first-order chi connectivity index (χ1) is 6.20. The number of halogens is 1. The predicted molar refractivity (Wildman–Crippen MR) is 59.4 cm³/mol. The molecule has 0 atom stereocenters. The van der Waals surface area contributed by atoms with E-state index in [9.17, 15) is 0 Å². The molecule has 0 aliphatic carbocycles. The number of anilines is 2. The van der Waals surface area contributed by atoms with E-state index in [0.29, 0.717) is 10.7 Å². The van der Waals surface area contributed by atoms with E-state index in [2.05, 4.69) is 18.7 Å². The molecule has 0 amide bonds. The number of rotatable bonds is 3. The SMILES string of the molecule is CCN(CC)c1cccc(N)c1Cl. The molecule has 0 heterocycles. The largest absolute Gasteiger partial charge is 0.397 e. The van der Waals surface area contributed by atoms with Crippen molar-refractivity contribution < 1.29 is 0 Å². The number of benzene rings is 1. The fourth-order valence-electron chi connectivity index (χ4n) is 1.35. The van der Waals surface area contributed by atoms with Crippen LogP contribution in [-0.4, -0.2) is 13.1 Å². The molecular weight excluding hydrogens is 184 g/mol. The lowest BCUT2D eigenvalue weighted by molar-refractivity contribution is 0.867. The minimum Gasteiger partial charge on any atom is -0.397 e. The van der Waals surface area contributed by atoms with Crippen molar-refractivity contribution in [1.29, 1.82) is 0 Å². The summed E-state index contributed by atoms with van der Waals surface area (Å²) < 4.78 is 0. The Morgan fingerprint density at radius 1 is 1.31 bits per heavy atom. The van der Waals surface area contributed by atoms with Crippen LogP contribution >= 0.6 is 11.6 Å². The van der Waals surface area contributed by atoms with Gasteiger partial charge in [0.25, 0.3) is 0 Å². The van der Waals surface area contributed by atoms with Crippen LogP contribution in [0.2, 0.25) is 5.02 Å². The third-order valence-corrected chi connectivity index (χ3v) is 2.52. The monoisotopic (exact) mass is 198 g/mol. The fraction of sp³-hybridized carbons (Fsp3) is 0.400. The van der Waals surface area contributed by atoms with Crippen molar-refractivity contribution in [1.82, 2.24) is 0 Å². The number of nitrogens with two attached hydrogens (primary N) is 1. The van der Waals surface area contributed by atoms with Crippen molar-refractivity contribution in [3.05, 3.63) is 23.2 Å². The average Bonchev–Trinajstić information content (AvgIpc) is 2.14. The molecule has 0 aliphatic heterocycles. The van der Waals surface area contributed by atoms with Gasteiger partial charge in [-0.15, -0.1) is 0 Å². The van der Waals surface area contributed by atoms with Crippen LogP contribution in [0, 0.1) is 0 Å². The maximum atomic E-state index is 6.08. The number of nitrogens with zero attached hydrogens (tertiary/aromatic N) is 1. The number of nitrogen functional groups attached to an aromatic ring is 1. The van der Waals surface area contributed by atoms with Gasteiger partial charge in [-0.25, -0.2) is 0 Å². The number of hydrogen-bond acceptors (Lipinski definition) is 2. The van der Waals surface area contributed by atoms with E-state index in [4.69, 9.17) is 17.3 Å². The second kappa shape index (κ2) is 4.38. The van der Waals surface area contributed by atoms with Gasteiger partial charge in [0.1, 0.15) is 0 Å². The molecule has 0 aliphatic rings. The predicted octanol–water partition coefficient (Wildman–Crippen LogP) is 2.77. The Labute approximate surface area is 84.3 Å². The van der Waals surface area contributed by atoms with Gasteiger partial charge in [0.2, 0.25) is 0 Å². The summed E-state index contributed by atoms with van der Waals surface area (Å²) in [6.07, 6.45) is 0. The quantitative estimate of drug-likeness (QED) is 0.757. The normalized spacial score (nSPS) is 10.1. The Balaban J connectivity index is 3.05. The molecule has 0 spiro atoms. The van der Waals surface area contributed by atoms with Gasteiger partial charge in [0.05, 0.1) is 16.4 Å². The first kappa shape index (κ1) is 10.2. The van der Waals surface area contributed by atoms with Crippen molar-refractivity contribution >= 4 is 23.0 Å². The third kappa shape index (κ3) is 2.07. The van der Waals surface area contributed by atoms with Crippen LogP contribution in [0.3, 0.4) is 0 Å². The van der Waals surface area contributed by atoms with Crippen LogP contribution in [0.15, 0.2) is 18.2 Å². The molecule has 3 heteroatoms. The second-order valence-electron chi connectivity index (χ2n) is 2.85. The van der Waals surface area contributed by atoms with Crippen LogP contribution < -0.4 is 10.6 Å². The molecule has 0 aromatic heterocycles. The molecule has 1 rings (SSSR count). The van der Waals surface area contributed by atoms with Crippen molar-refractivity contribution in [2.45, 2.75) is 13.8 Å². The van der Waals surface area contributed by atoms with Crippen LogP contribution in [0.1, 0.15) is 13.8 Å². The highest BCUT2D eigenvalue weighted by Crippen LogP contribution is 2.30. The lowest BCUT2D eigenvalue weighted by atomic mass is 10.2. The average molecular weight is 199 g/mol. The lowest BCUT2D eigenvalue weighted by Crippen LogP contribution is -2.22. The highest BCUT2D eigenvalue weighted by Gasteiger charge is 2.07. The molecule has 0 unspecified atom stereocenters. The van der Waals surface area contributed by atoms with Crippen molar-refractivity contribution in [3.63, 3.8) is 0 Å². The minimum absolute atomic E-state index is 0.645. The molecule has 0 radical (unpaired) electrons. The van der Waals surface area contributed by atoms with E-state index in [-0.39, 0.29) is 0 Å². The Kier molecular flexibility index (Phi) is 3.43. The molecule has 0 saturated carbocycles. The van der Waals surface area contributed by atoms with Crippen molar-refractivity contribution in [3.8, 4) is 0 Å². The maximum Gasteiger partial charge on any atom is 0.0868 e. The van der Waals surface area contributed by atoms with Gasteiger partial charge < -0.3 is 10.6 Å². The summed E-state index contributed by atoms with van der Waals surface area (Å²) in [7, 11) is 0. The molecule has 0 fully saturated rings. The lowest BCUT2D eigenvalue weighted by Gasteiger charge is -2.22. The third-order valence-electron chi connectivity index (χ3n) is 2.11. The smallest absolute Gasteiger partial charge is 0.0868 e. The van der Waals surface area contributed by atoms with Gasteiger partial charge in [-0.05, 0) is 26.0 Å². The summed E-state index contributed by atoms with van der Waals surface area (Å²) in [5.41, 5.74) is 7.37. The van der Waals surface area contributed by atoms with E-state index in [1.54, 1.807) is 0 Å². The molecule has 13 heavy (non-hydrogen) atoms. The molecule has 0 saturated heterocycles. The first-order valence-corrected chi connectivity index (χ1v) is 4.87. The van der Waals surface area contributed by atoms with Crippen molar-refractivity contribution in [2.75, 3.05) is 23.7 Å². The topological polar surface area (TPSA) is 29.3 Å². The number of hydrogen-bond donors (Lipinski definition) is 1. The first-order valence-electron chi connectivity index (χ1n) is 4.49. The summed E-state index contributed by atoms with van der Waals surface area (Å²) in [4.78, 5) is 2.18. The van der Waals surface area contributed by atoms with E-state index in [0.717, 1.165) is 18.8 Å². The molecule has 2 nitrogen and oxygen atoms in total. The molecule has 72 valence electrons. The summed E-state index contributed by atoms with van der Waals surface area (Å²) in [5.74, 6) is 0. The van der Waals surface area contributed by atoms with Crippen molar-refractivity contribution in [2.24, 2.45) is 0 Å². The van der Waals surface area contributed by atoms with Gasteiger partial charge in [-0.1, -0.05) is 17.7 Å². The molecular formula is C10H15ClN2. The Morgan fingerprint density at radius 2 is 1.92 bits per heavy atom. The molecule has 1 aromatic carbocycles. The molecule has 0 bridgehead atoms. The fourth-order valence-corrected chi connectivity index (χ4v) is 1.59. The summed E-state index contributed by atoms with van der Waals surface area (Å²) in [6.45, 7) is 6.09. The zero-order valence-electron chi connectivity index (χ0n) is 8.05. The van der Waals surface area contributed by atoms with Gasteiger partial charge in [0, 0.05) is 13.1 Å². The highest BCUT2D eigenvalue weighted by molar-refractivity contribution is 6.35. The molecule has 2 N–H and O–H groups in total. The standard InChI is InChI=1S/C10H15ClN2/c1-3-13(4-2)9-7-5-6-8(12)10(9)11/h5-7H,3-4,12H2,1-2H3. The maximum absolute atomic E-state index is 6.08. The van der Waals surface area contributed by atoms with E-state index in [1.165, 1.54) is 0 Å². The summed E-state index contributed by atoms with van der Waals surface area (Å²) in [5, 5.41) is 0.659. The zero-order valence-corrected chi connectivity index (χ0v) is 8.80. The van der Waals surface area contributed by atoms with Crippen LogP contribution in [0.5, 0.6) is 0 Å². The van der Waals surface area contributed by atoms with E-state index >= 15 is 0 Å². The van der Waals surface area contributed by atoms with Crippen LogP contribution in [-0.2, 0) is 0 Å². The zero-order chi connectivity index (χ0) is 9.84. The highest BCUT2D eigenvalue weighted by atomic mass is 35.5. The van der Waals surface area contributed by atoms with Crippen LogP contribution in [0.4, 0.5) is 11.4 Å². The van der Waals surface area contributed by atoms with E-state index in [1.807, 2.05) is 18.2 Å². The second-order valence-corrected chi connectivity index (χ2v) is 3.23. The van der Waals surface area contributed by atoms with Crippen LogP contribution in [0.25, 0.3) is 0 Å². The Morgan fingerprint density at radius 3 is 2.46 bits per heavy atom. The van der Waals surface area contributed by atoms with Gasteiger partial charge in [-0.3, -0.25) is 0 Å². The van der Waals surface area contributed by atoms with Gasteiger partial charge >= 0.3 is 0 Å². The summed E-state index contributed by atoms with van der Waals surface area (Å²) in [6, 6.07) is 5.73. The minimum atomic E-state index is 0.645. The summed E-state index contributed by atoms with van der Waals surface area (Å²) >= 11 is 6.08. The Bertz CT molecular complexity index is 282. The Hall–Kier alpha value is -0.890. The van der Waals surface area contributed by atoms with Gasteiger partial charge in [0.15, 0.2) is 0 Å². The van der Waals surface area contributed by atoms with E-state index < -0.39 is 0 Å².